The maximum absolute atomic E-state index is 11.6. The molecule has 0 saturated heterocycles. The van der Waals surface area contributed by atoms with E-state index < -0.39 is 6.09 Å². The van der Waals surface area contributed by atoms with E-state index in [0.717, 1.165) is 32.0 Å². The van der Waals surface area contributed by atoms with E-state index in [1.165, 1.54) is 6.42 Å². The number of amides is 1. The lowest BCUT2D eigenvalue weighted by Crippen LogP contribution is -2.39. The van der Waals surface area contributed by atoms with Crippen molar-refractivity contribution in [3.05, 3.63) is 0 Å². The number of carbonyl (C=O) groups excluding carboxylic acids is 2. The van der Waals surface area contributed by atoms with E-state index in [2.05, 4.69) is 5.32 Å². The fourth-order valence-electron chi connectivity index (χ4n) is 2.57. The highest BCUT2D eigenvalue weighted by Gasteiger charge is 2.32. The van der Waals surface area contributed by atoms with E-state index in [-0.39, 0.29) is 12.0 Å². The Hall–Kier alpha value is -0.400. The first-order chi connectivity index (χ1) is 10.2. The van der Waals surface area contributed by atoms with Crippen LogP contribution in [0.5, 0.6) is 0 Å². The van der Waals surface area contributed by atoms with Crippen LogP contribution in [0, 0.1) is 5.41 Å². The molecular weight excluding hydrogens is 310 g/mol. The molecule has 0 atom stereocenters. The maximum atomic E-state index is 11.6. The van der Waals surface area contributed by atoms with Crippen molar-refractivity contribution in [2.45, 2.75) is 38.5 Å². The van der Waals surface area contributed by atoms with E-state index in [9.17, 15) is 9.59 Å². The molecule has 2 N–H and O–H groups in total. The molecule has 1 aliphatic carbocycles. The Bertz CT molecular complexity index is 309. The van der Waals surface area contributed by atoms with Crippen molar-refractivity contribution < 1.29 is 19.4 Å². The summed E-state index contributed by atoms with van der Waals surface area (Å²) in [5, 5.41) is 11.4. The van der Waals surface area contributed by atoms with Gasteiger partial charge in [0.25, 0.3) is 0 Å². The Morgan fingerprint density at radius 3 is 2.62 bits per heavy atom. The minimum absolute atomic E-state index is 0.0647. The lowest BCUT2D eigenvalue weighted by atomic mass is 9.72. The molecule has 7 heteroatoms. The first-order valence-electron chi connectivity index (χ1n) is 7.42. The van der Waals surface area contributed by atoms with Gasteiger partial charge >= 0.3 is 6.09 Å². The molecule has 5 nitrogen and oxygen atoms in total. The molecular formula is C14H25NO4S2. The summed E-state index contributed by atoms with van der Waals surface area (Å²) in [5.74, 6) is 1.39. The van der Waals surface area contributed by atoms with Crippen LogP contribution >= 0.6 is 21.6 Å². The van der Waals surface area contributed by atoms with Crippen LogP contribution < -0.4 is 5.32 Å². The normalized spacial score (nSPS) is 17.2. The van der Waals surface area contributed by atoms with Crippen molar-refractivity contribution in [1.82, 2.24) is 5.32 Å². The number of aliphatic hydroxyl groups is 1. The first-order valence-corrected chi connectivity index (χ1v) is 9.91. The molecule has 1 fully saturated rings. The molecule has 1 rings (SSSR count). The molecule has 0 radical (unpaired) electrons. The Kier molecular flexibility index (Phi) is 9.95. The number of rotatable bonds is 10. The minimum Gasteiger partial charge on any atom is -0.449 e. The number of ether oxygens (including phenoxy) is 1. The van der Waals surface area contributed by atoms with E-state index in [1.807, 2.05) is 0 Å². The number of hydrogen-bond acceptors (Lipinski definition) is 6. The molecule has 0 aromatic rings. The van der Waals surface area contributed by atoms with E-state index >= 15 is 0 Å². The first kappa shape index (κ1) is 18.6. The van der Waals surface area contributed by atoms with Gasteiger partial charge in [-0.15, -0.1) is 0 Å². The van der Waals surface area contributed by atoms with Crippen molar-refractivity contribution in [3.8, 4) is 0 Å². The number of alkyl carbamates (subject to hydrolysis) is 1. The molecule has 0 aromatic carbocycles. The number of nitrogens with one attached hydrogen (secondary N) is 1. The quantitative estimate of drug-likeness (QED) is 0.363. The summed E-state index contributed by atoms with van der Waals surface area (Å²) in [5.41, 5.74) is -0.0647. The van der Waals surface area contributed by atoms with Crippen LogP contribution in [0.1, 0.15) is 38.5 Å². The third-order valence-electron chi connectivity index (χ3n) is 3.70. The molecule has 1 saturated carbocycles. The van der Waals surface area contributed by atoms with Gasteiger partial charge in [0.15, 0.2) is 0 Å². The highest BCUT2D eigenvalue weighted by atomic mass is 33.1. The summed E-state index contributed by atoms with van der Waals surface area (Å²) < 4.78 is 5.10. The Morgan fingerprint density at radius 2 is 1.95 bits per heavy atom. The molecule has 0 spiro atoms. The van der Waals surface area contributed by atoms with Crippen LogP contribution in [-0.2, 0) is 9.53 Å². The van der Waals surface area contributed by atoms with Gasteiger partial charge < -0.3 is 20.0 Å². The third-order valence-corrected chi connectivity index (χ3v) is 6.05. The summed E-state index contributed by atoms with van der Waals surface area (Å²) in [7, 11) is 3.14. The third kappa shape index (κ3) is 7.97. The van der Waals surface area contributed by atoms with Crippen LogP contribution in [-0.4, -0.2) is 48.8 Å². The van der Waals surface area contributed by atoms with Gasteiger partial charge in [0, 0.05) is 24.5 Å². The lowest BCUT2D eigenvalue weighted by molar-refractivity contribution is -0.110. The molecule has 1 aliphatic rings. The molecule has 0 unspecified atom stereocenters. The van der Waals surface area contributed by atoms with Gasteiger partial charge in [0.1, 0.15) is 12.9 Å². The smallest absolute Gasteiger partial charge is 0.407 e. The summed E-state index contributed by atoms with van der Waals surface area (Å²) >= 11 is 0. The second kappa shape index (κ2) is 11.2. The molecule has 0 aliphatic heterocycles. The number of aliphatic hydroxyl groups excluding tert-OH is 1. The zero-order valence-corrected chi connectivity index (χ0v) is 14.0. The highest BCUT2D eigenvalue weighted by molar-refractivity contribution is 8.76. The average Bonchev–Trinajstić information content (AvgIpc) is 2.50. The Balaban J connectivity index is 2.16. The molecule has 0 aromatic heterocycles. The molecule has 0 heterocycles. The van der Waals surface area contributed by atoms with Gasteiger partial charge in [-0.1, -0.05) is 40.9 Å². The molecule has 122 valence electrons. The van der Waals surface area contributed by atoms with Crippen molar-refractivity contribution in [2.24, 2.45) is 5.41 Å². The second-order valence-electron chi connectivity index (χ2n) is 5.29. The fraction of sp³-hybridized carbons (Fsp3) is 0.857. The van der Waals surface area contributed by atoms with Gasteiger partial charge in [0.2, 0.25) is 0 Å². The summed E-state index contributed by atoms with van der Waals surface area (Å²) in [6, 6.07) is 0. The largest absolute Gasteiger partial charge is 0.449 e. The topological polar surface area (TPSA) is 75.6 Å². The predicted octanol–water partition coefficient (Wildman–Crippen LogP) is 2.63. The molecule has 1 amide bonds. The van der Waals surface area contributed by atoms with Gasteiger partial charge in [0.05, 0.1) is 6.61 Å². The fourth-order valence-corrected chi connectivity index (χ4v) is 4.16. The van der Waals surface area contributed by atoms with Crippen LogP contribution in [0.25, 0.3) is 0 Å². The van der Waals surface area contributed by atoms with Crippen molar-refractivity contribution in [1.29, 1.82) is 0 Å². The lowest BCUT2D eigenvalue weighted by Gasteiger charge is -2.35. The predicted molar refractivity (Wildman–Crippen MR) is 87.6 cm³/mol. The van der Waals surface area contributed by atoms with Crippen LogP contribution in [0.3, 0.4) is 0 Å². The van der Waals surface area contributed by atoms with Crippen LogP contribution in [0.15, 0.2) is 0 Å². The SMILES string of the molecule is O=CCC1(CNC(=O)OCCSSCCO)CCCCC1. The van der Waals surface area contributed by atoms with E-state index in [4.69, 9.17) is 9.84 Å². The van der Waals surface area contributed by atoms with Gasteiger partial charge in [-0.25, -0.2) is 4.79 Å². The Labute approximate surface area is 134 Å². The van der Waals surface area contributed by atoms with Crippen molar-refractivity contribution in [3.63, 3.8) is 0 Å². The average molecular weight is 335 g/mol. The van der Waals surface area contributed by atoms with E-state index in [1.54, 1.807) is 21.6 Å². The van der Waals surface area contributed by atoms with Crippen molar-refractivity contribution >= 4 is 34.0 Å². The zero-order chi connectivity index (χ0) is 15.4. The number of hydrogen-bond donors (Lipinski definition) is 2. The number of carbonyl (C=O) groups is 2. The zero-order valence-electron chi connectivity index (χ0n) is 12.3. The minimum atomic E-state index is -0.404. The highest BCUT2D eigenvalue weighted by Crippen LogP contribution is 2.38. The van der Waals surface area contributed by atoms with Gasteiger partial charge in [-0.05, 0) is 18.3 Å². The van der Waals surface area contributed by atoms with Crippen LogP contribution in [0.2, 0.25) is 0 Å². The maximum Gasteiger partial charge on any atom is 0.407 e. The van der Waals surface area contributed by atoms with Crippen LogP contribution in [0.4, 0.5) is 4.79 Å². The van der Waals surface area contributed by atoms with Crippen molar-refractivity contribution in [2.75, 3.05) is 31.3 Å². The van der Waals surface area contributed by atoms with Gasteiger partial charge in [-0.2, -0.15) is 0 Å². The summed E-state index contributed by atoms with van der Waals surface area (Å²) in [4.78, 5) is 22.5. The number of aldehydes is 1. The van der Waals surface area contributed by atoms with E-state index in [0.29, 0.717) is 31.1 Å². The standard InChI is InChI=1S/C14H25NO4S2/c16-7-6-14(4-2-1-3-5-14)12-15-13(18)19-9-11-21-20-10-8-17/h7,17H,1-6,8-12H2,(H,15,18). The monoisotopic (exact) mass is 335 g/mol. The summed E-state index contributed by atoms with van der Waals surface area (Å²) in [6.07, 6.45) is 6.55. The molecule has 0 bridgehead atoms. The summed E-state index contributed by atoms with van der Waals surface area (Å²) in [6.45, 7) is 1.05. The Morgan fingerprint density at radius 1 is 1.24 bits per heavy atom. The second-order valence-corrected chi connectivity index (χ2v) is 7.99. The molecule has 21 heavy (non-hydrogen) atoms. The van der Waals surface area contributed by atoms with Gasteiger partial charge in [-0.3, -0.25) is 0 Å².